The second-order valence-corrected chi connectivity index (χ2v) is 11.4. The number of aromatic nitrogens is 3. The van der Waals surface area contributed by atoms with Crippen molar-refractivity contribution in [1.29, 1.82) is 0 Å². The summed E-state index contributed by atoms with van der Waals surface area (Å²) in [4.78, 5) is 43.3. The van der Waals surface area contributed by atoms with Crippen LogP contribution in [0.15, 0.2) is 36.7 Å². The summed E-state index contributed by atoms with van der Waals surface area (Å²) in [5.74, 6) is 0.395. The first kappa shape index (κ1) is 30.0. The summed E-state index contributed by atoms with van der Waals surface area (Å²) >= 11 is 12.8. The molecular formula is C29H33Cl2N7O4. The molecule has 2 aliphatic rings. The highest BCUT2D eigenvalue weighted by molar-refractivity contribution is 6.33. The third kappa shape index (κ3) is 6.29. The van der Waals surface area contributed by atoms with Gasteiger partial charge in [-0.05, 0) is 37.5 Å². The lowest BCUT2D eigenvalue weighted by molar-refractivity contribution is -0.126. The van der Waals surface area contributed by atoms with E-state index < -0.39 is 18.0 Å². The molecule has 42 heavy (non-hydrogen) atoms. The Hall–Kier alpha value is -3.51. The molecule has 2 amide bonds. The molecular weight excluding hydrogens is 581 g/mol. The van der Waals surface area contributed by atoms with Gasteiger partial charge in [-0.25, -0.2) is 15.0 Å². The molecule has 0 bridgehead atoms. The van der Waals surface area contributed by atoms with Crippen molar-refractivity contribution in [2.45, 2.75) is 44.4 Å². The van der Waals surface area contributed by atoms with E-state index in [4.69, 9.17) is 27.9 Å². The number of rotatable bonds is 9. The molecule has 1 saturated heterocycles. The van der Waals surface area contributed by atoms with E-state index in [2.05, 4.69) is 25.6 Å². The van der Waals surface area contributed by atoms with Gasteiger partial charge < -0.3 is 30.3 Å². The van der Waals surface area contributed by atoms with Crippen LogP contribution in [0.4, 0.5) is 11.8 Å². The van der Waals surface area contributed by atoms with Gasteiger partial charge in [-0.3, -0.25) is 9.59 Å². The molecule has 1 fully saturated rings. The number of carbonyl (C=O) groups excluding carboxylic acids is 2. The second kappa shape index (κ2) is 12.8. The highest BCUT2D eigenvalue weighted by Gasteiger charge is 2.35. The van der Waals surface area contributed by atoms with Gasteiger partial charge in [-0.15, -0.1) is 0 Å². The van der Waals surface area contributed by atoms with Gasteiger partial charge in [0.25, 0.3) is 5.91 Å². The van der Waals surface area contributed by atoms with Gasteiger partial charge in [0.1, 0.15) is 11.9 Å². The molecule has 3 aromatic rings. The molecule has 0 radical (unpaired) electrons. The normalized spacial score (nSPS) is 16.6. The third-order valence-corrected chi connectivity index (χ3v) is 8.16. The van der Waals surface area contributed by atoms with Crippen molar-refractivity contribution in [3.63, 3.8) is 0 Å². The van der Waals surface area contributed by atoms with E-state index in [1.165, 1.54) is 11.1 Å². The molecule has 4 heterocycles. The number of hydrogen-bond acceptors (Lipinski definition) is 9. The first-order valence-electron chi connectivity index (χ1n) is 13.7. The fraction of sp³-hybridized carbons (Fsp3) is 0.414. The molecule has 0 aliphatic carbocycles. The maximum Gasteiger partial charge on any atom is 0.255 e. The number of amides is 2. The molecule has 5 rings (SSSR count). The van der Waals surface area contributed by atoms with Crippen LogP contribution in [0.2, 0.25) is 10.0 Å². The number of benzene rings is 1. The molecule has 2 unspecified atom stereocenters. The van der Waals surface area contributed by atoms with Crippen LogP contribution in [-0.2, 0) is 16.1 Å². The van der Waals surface area contributed by atoms with Crippen LogP contribution in [-0.4, -0.2) is 82.8 Å². The minimum absolute atomic E-state index is 0.214. The minimum Gasteiger partial charge on any atom is -0.394 e. The molecule has 3 N–H and O–H groups in total. The molecule has 2 aromatic heterocycles. The predicted molar refractivity (Wildman–Crippen MR) is 161 cm³/mol. The monoisotopic (exact) mass is 613 g/mol. The quantitative estimate of drug-likeness (QED) is 0.330. The van der Waals surface area contributed by atoms with Crippen molar-refractivity contribution in [2.75, 3.05) is 44.1 Å². The lowest BCUT2D eigenvalue weighted by Gasteiger charge is -2.26. The lowest BCUT2D eigenvalue weighted by atomic mass is 10.0. The second-order valence-electron chi connectivity index (χ2n) is 10.6. The molecule has 13 heteroatoms. The third-order valence-electron chi connectivity index (χ3n) is 7.56. The molecule has 0 saturated carbocycles. The zero-order valence-corrected chi connectivity index (χ0v) is 25.1. The molecule has 0 spiro atoms. The summed E-state index contributed by atoms with van der Waals surface area (Å²) in [7, 11) is 3.66. The van der Waals surface area contributed by atoms with E-state index in [9.17, 15) is 14.7 Å². The van der Waals surface area contributed by atoms with Gasteiger partial charge in [0.2, 0.25) is 11.9 Å². The van der Waals surface area contributed by atoms with Gasteiger partial charge in [0.15, 0.2) is 0 Å². The Bertz CT molecular complexity index is 1480. The highest BCUT2D eigenvalue weighted by atomic mass is 35.5. The number of halogens is 2. The number of aliphatic hydroxyl groups is 1. The van der Waals surface area contributed by atoms with Crippen molar-refractivity contribution >= 4 is 46.8 Å². The highest BCUT2D eigenvalue weighted by Crippen LogP contribution is 2.33. The fourth-order valence-corrected chi connectivity index (χ4v) is 5.49. The van der Waals surface area contributed by atoms with Gasteiger partial charge in [-0.1, -0.05) is 35.3 Å². The maximum atomic E-state index is 13.5. The average Bonchev–Trinajstić information content (AvgIpc) is 3.32. The van der Waals surface area contributed by atoms with Gasteiger partial charge >= 0.3 is 0 Å². The molecule has 1 aromatic carbocycles. The van der Waals surface area contributed by atoms with Crippen LogP contribution in [0.5, 0.6) is 0 Å². The Kier molecular flexibility index (Phi) is 9.12. The Morgan fingerprint density at radius 2 is 1.90 bits per heavy atom. The van der Waals surface area contributed by atoms with Crippen LogP contribution in [0.3, 0.4) is 0 Å². The van der Waals surface area contributed by atoms with Gasteiger partial charge in [0.05, 0.1) is 34.6 Å². The van der Waals surface area contributed by atoms with Crippen molar-refractivity contribution in [3.05, 3.63) is 63.4 Å². The predicted octanol–water partition coefficient (Wildman–Crippen LogP) is 3.70. The molecule has 2 aliphatic heterocycles. The summed E-state index contributed by atoms with van der Waals surface area (Å²) in [6.07, 6.45) is 4.76. The number of nitrogens with one attached hydrogen (secondary N) is 2. The largest absolute Gasteiger partial charge is 0.394 e. The molecule has 11 nitrogen and oxygen atoms in total. The van der Waals surface area contributed by atoms with Crippen LogP contribution in [0.1, 0.15) is 47.3 Å². The van der Waals surface area contributed by atoms with E-state index in [1.807, 2.05) is 26.2 Å². The minimum atomic E-state index is -0.811. The number of anilines is 2. The first-order chi connectivity index (χ1) is 20.2. The van der Waals surface area contributed by atoms with Gasteiger partial charge in [0, 0.05) is 62.8 Å². The summed E-state index contributed by atoms with van der Waals surface area (Å²) < 4.78 is 5.42. The van der Waals surface area contributed by atoms with E-state index >= 15 is 0 Å². The Balaban J connectivity index is 1.31. The standard InChI is InChI=1S/C29H33Cl2N7O4/c1-16(27(40)35-24(15-39)21-11-25(37(2)3)32-12-22(21)30)38-14-18-5-4-17(10-20(18)28(38)41)26-23(31)13-33-29(36-26)34-19-6-8-42-9-7-19/h4-5,10-13,16,19,24,39H,6-9,14-15H2,1-3H3,(H,35,40)(H,33,34,36). The summed E-state index contributed by atoms with van der Waals surface area (Å²) in [6.45, 7) is 2.92. The maximum absolute atomic E-state index is 13.5. The smallest absolute Gasteiger partial charge is 0.255 e. The Morgan fingerprint density at radius 3 is 2.62 bits per heavy atom. The summed E-state index contributed by atoms with van der Waals surface area (Å²) in [5.41, 5.74) is 2.99. The Morgan fingerprint density at radius 1 is 1.17 bits per heavy atom. The van der Waals surface area contributed by atoms with Crippen LogP contribution in [0.25, 0.3) is 11.3 Å². The molecule has 222 valence electrons. The summed E-state index contributed by atoms with van der Waals surface area (Å²) in [6, 6.07) is 5.82. The van der Waals surface area contributed by atoms with Gasteiger partial charge in [-0.2, -0.15) is 0 Å². The van der Waals surface area contributed by atoms with Crippen LogP contribution >= 0.6 is 23.2 Å². The lowest BCUT2D eigenvalue weighted by Crippen LogP contribution is -2.46. The number of aliphatic hydroxyl groups excluding tert-OH is 1. The van der Waals surface area contributed by atoms with Crippen molar-refractivity contribution in [3.8, 4) is 11.3 Å². The van der Waals surface area contributed by atoms with Crippen LogP contribution in [0, 0.1) is 0 Å². The topological polar surface area (TPSA) is 133 Å². The number of carbonyl (C=O) groups is 2. The molecule has 2 atom stereocenters. The zero-order chi connectivity index (χ0) is 30.0. The number of hydrogen-bond donors (Lipinski definition) is 3. The SMILES string of the molecule is CC(C(=O)NC(CO)c1cc(N(C)C)ncc1Cl)N1Cc2ccc(-c3nc(NC4CCOCC4)ncc3Cl)cc2C1=O. The number of pyridine rings is 1. The van der Waals surface area contributed by atoms with Crippen molar-refractivity contribution < 1.29 is 19.4 Å². The van der Waals surface area contributed by atoms with Crippen LogP contribution < -0.4 is 15.5 Å². The van der Waals surface area contributed by atoms with E-state index in [0.717, 1.165) is 18.4 Å². The first-order valence-corrected chi connectivity index (χ1v) is 14.5. The fourth-order valence-electron chi connectivity index (χ4n) is 5.06. The number of ether oxygens (including phenoxy) is 1. The van der Waals surface area contributed by atoms with Crippen molar-refractivity contribution in [1.82, 2.24) is 25.2 Å². The van der Waals surface area contributed by atoms with E-state index in [0.29, 0.717) is 57.4 Å². The summed E-state index contributed by atoms with van der Waals surface area (Å²) in [5, 5.41) is 16.9. The average molecular weight is 615 g/mol. The number of fused-ring (bicyclic) bond motifs is 1. The zero-order valence-electron chi connectivity index (χ0n) is 23.6. The number of nitrogens with zero attached hydrogens (tertiary/aromatic N) is 5. The van der Waals surface area contributed by atoms with Crippen molar-refractivity contribution in [2.24, 2.45) is 0 Å². The van der Waals surface area contributed by atoms with E-state index in [-0.39, 0.29) is 25.1 Å². The Labute approximate surface area is 254 Å². The van der Waals surface area contributed by atoms with E-state index in [1.54, 1.807) is 30.2 Å².